The molecule has 7 nitrogen and oxygen atoms in total. The summed E-state index contributed by atoms with van der Waals surface area (Å²) in [6.45, 7) is 2.39. The zero-order chi connectivity index (χ0) is 24.6. The number of pyridine rings is 1. The van der Waals surface area contributed by atoms with Crippen molar-refractivity contribution in [3.63, 3.8) is 0 Å². The van der Waals surface area contributed by atoms with Crippen LogP contribution in [-0.4, -0.2) is 48.3 Å². The molecule has 186 valence electrons. The first-order chi connectivity index (χ1) is 18.0. The molecule has 9 rings (SSSR count). The number of aryl methyl sites for hydroxylation is 1. The first-order valence-corrected chi connectivity index (χ1v) is 14.4. The Hall–Kier alpha value is -3.00. The van der Waals surface area contributed by atoms with Crippen molar-refractivity contribution in [1.82, 2.24) is 24.0 Å². The number of carbonyl (C=O) groups excluding carboxylic acids is 2. The number of rotatable bonds is 4. The van der Waals surface area contributed by atoms with Crippen LogP contribution in [0, 0.1) is 23.7 Å². The Morgan fingerprint density at radius 2 is 1.97 bits per heavy atom. The van der Waals surface area contributed by atoms with Crippen LogP contribution in [0.5, 0.6) is 0 Å². The molecule has 8 heteroatoms. The molecule has 1 aromatic carbocycles. The second-order valence-corrected chi connectivity index (χ2v) is 12.7. The van der Waals surface area contributed by atoms with Gasteiger partial charge in [-0.3, -0.25) is 9.59 Å². The monoisotopic (exact) mass is 555 g/mol. The molecule has 0 N–H and O–H groups in total. The number of halogens is 1. The van der Waals surface area contributed by atoms with Crippen LogP contribution < -0.4 is 0 Å². The van der Waals surface area contributed by atoms with Crippen molar-refractivity contribution >= 4 is 49.7 Å². The molecule has 0 bridgehead atoms. The fourth-order valence-corrected chi connectivity index (χ4v) is 8.06. The topological polar surface area (TPSA) is 73.0 Å². The molecular weight excluding hydrogens is 530 g/mol. The molecule has 2 aliphatic heterocycles. The summed E-state index contributed by atoms with van der Waals surface area (Å²) in [5.74, 6) is 3.96. The Balaban J connectivity index is 1.21. The maximum absolute atomic E-state index is 13.7. The van der Waals surface area contributed by atoms with Crippen LogP contribution in [0.25, 0.3) is 33.6 Å². The van der Waals surface area contributed by atoms with Gasteiger partial charge < -0.3 is 14.0 Å². The van der Waals surface area contributed by atoms with E-state index in [1.54, 1.807) is 0 Å². The molecule has 3 aliphatic carbocycles. The SMILES string of the molecule is O=C1CCn2c(-c3cc4ccc(Br)nc4n3CC3CC3)nc3cc(C(=O)N4CC5CC6CC4[C@H]65)cc1c32. The zero-order valence-corrected chi connectivity index (χ0v) is 21.9. The first kappa shape index (κ1) is 21.0. The molecule has 3 unspecified atom stereocenters. The van der Waals surface area contributed by atoms with Gasteiger partial charge in [0.1, 0.15) is 10.3 Å². The molecule has 5 heterocycles. The number of fused-ring (bicyclic) bond motifs is 1. The van der Waals surface area contributed by atoms with Gasteiger partial charge in [-0.05, 0) is 95.6 Å². The second kappa shape index (κ2) is 7.10. The van der Waals surface area contributed by atoms with E-state index in [0.717, 1.165) is 69.5 Å². The van der Waals surface area contributed by atoms with Gasteiger partial charge in [0.15, 0.2) is 11.6 Å². The summed E-state index contributed by atoms with van der Waals surface area (Å²) in [5, 5.41) is 1.09. The minimum absolute atomic E-state index is 0.0716. The Kier molecular flexibility index (Phi) is 4.03. The lowest BCUT2D eigenvalue weighted by Gasteiger charge is -2.52. The van der Waals surface area contributed by atoms with E-state index in [1.165, 1.54) is 19.3 Å². The van der Waals surface area contributed by atoms with Crippen LogP contribution in [0.1, 0.15) is 52.8 Å². The van der Waals surface area contributed by atoms with E-state index in [-0.39, 0.29) is 11.7 Å². The van der Waals surface area contributed by atoms with E-state index in [2.05, 4.69) is 42.1 Å². The summed E-state index contributed by atoms with van der Waals surface area (Å²) in [5.41, 5.74) is 4.86. The third-order valence-electron chi connectivity index (χ3n) is 9.80. The Labute approximate surface area is 222 Å². The third-order valence-corrected chi connectivity index (χ3v) is 10.2. The molecule has 0 spiro atoms. The number of likely N-dealkylation sites (tertiary alicyclic amines) is 1. The number of carbonyl (C=O) groups is 2. The summed E-state index contributed by atoms with van der Waals surface area (Å²) in [7, 11) is 0. The van der Waals surface area contributed by atoms with E-state index in [4.69, 9.17) is 9.97 Å². The second-order valence-electron chi connectivity index (χ2n) is 11.9. The number of ketones is 1. The van der Waals surface area contributed by atoms with E-state index in [1.807, 2.05) is 18.2 Å². The van der Waals surface area contributed by atoms with Crippen LogP contribution in [-0.2, 0) is 13.1 Å². The van der Waals surface area contributed by atoms with Crippen molar-refractivity contribution in [2.45, 2.75) is 51.2 Å². The standard InChI is InChI=1S/C29H26BrN5O2/c30-24-4-3-15-10-22(34(27(15)32-24)12-14-1-2-14)28-31-20-9-17(8-19-23(36)5-6-33(28)26(19)20)29(37)35-13-18-7-16-11-21(35)25(16)18/h3-4,8-10,14,16,18,21,25H,1-2,5-7,11-13H2/t16?,18?,21?,25-/m1/s1. The molecule has 4 aromatic rings. The average molecular weight is 556 g/mol. The van der Waals surface area contributed by atoms with Gasteiger partial charge in [-0.1, -0.05) is 0 Å². The molecule has 4 atom stereocenters. The lowest BCUT2D eigenvalue weighted by Crippen LogP contribution is -2.53. The van der Waals surface area contributed by atoms with Crippen LogP contribution in [0.15, 0.2) is 34.9 Å². The van der Waals surface area contributed by atoms with Crippen molar-refractivity contribution in [3.8, 4) is 11.5 Å². The Morgan fingerprint density at radius 3 is 2.78 bits per heavy atom. The molecule has 0 radical (unpaired) electrons. The van der Waals surface area contributed by atoms with Gasteiger partial charge >= 0.3 is 0 Å². The normalized spacial score (nSPS) is 27.5. The zero-order valence-electron chi connectivity index (χ0n) is 20.4. The predicted molar refractivity (Wildman–Crippen MR) is 142 cm³/mol. The van der Waals surface area contributed by atoms with Crippen LogP contribution >= 0.6 is 15.9 Å². The summed E-state index contributed by atoms with van der Waals surface area (Å²) < 4.78 is 5.32. The largest absolute Gasteiger partial charge is 0.335 e. The predicted octanol–water partition coefficient (Wildman–Crippen LogP) is 5.29. The van der Waals surface area contributed by atoms with Gasteiger partial charge in [0.05, 0.1) is 16.7 Å². The third kappa shape index (κ3) is 2.82. The number of hydrogen-bond acceptors (Lipinski definition) is 4. The summed E-state index contributed by atoms with van der Waals surface area (Å²) >= 11 is 3.54. The fraction of sp³-hybridized carbons (Fsp3) is 0.448. The summed E-state index contributed by atoms with van der Waals surface area (Å²) in [6.07, 6.45) is 5.34. The minimum Gasteiger partial charge on any atom is -0.335 e. The number of hydrogen-bond donors (Lipinski definition) is 0. The molecule has 4 fully saturated rings. The average Bonchev–Trinajstić information content (AvgIpc) is 3.53. The van der Waals surface area contributed by atoms with Crippen molar-refractivity contribution in [2.24, 2.45) is 23.7 Å². The highest BCUT2D eigenvalue weighted by Crippen LogP contribution is 2.60. The Morgan fingerprint density at radius 1 is 1.08 bits per heavy atom. The minimum atomic E-state index is 0.0716. The van der Waals surface area contributed by atoms with Crippen molar-refractivity contribution in [3.05, 3.63) is 46.1 Å². The van der Waals surface area contributed by atoms with Crippen molar-refractivity contribution in [1.29, 1.82) is 0 Å². The van der Waals surface area contributed by atoms with Gasteiger partial charge in [-0.2, -0.15) is 0 Å². The number of benzene rings is 1. The highest BCUT2D eigenvalue weighted by atomic mass is 79.9. The molecule has 1 amide bonds. The lowest BCUT2D eigenvalue weighted by atomic mass is 9.53. The quantitative estimate of drug-likeness (QED) is 0.320. The highest BCUT2D eigenvalue weighted by molar-refractivity contribution is 9.10. The number of aromatic nitrogens is 4. The smallest absolute Gasteiger partial charge is 0.254 e. The van der Waals surface area contributed by atoms with E-state index in [9.17, 15) is 9.59 Å². The molecule has 5 aliphatic rings. The van der Waals surface area contributed by atoms with E-state index >= 15 is 0 Å². The number of imidazole rings is 1. The summed E-state index contributed by atoms with van der Waals surface area (Å²) in [6, 6.07) is 10.4. The molecule has 3 aromatic heterocycles. The number of nitrogens with zero attached hydrogens (tertiary/aromatic N) is 5. The molecular formula is C29H26BrN5O2. The number of amides is 1. The van der Waals surface area contributed by atoms with Crippen molar-refractivity contribution in [2.75, 3.05) is 6.54 Å². The molecule has 1 saturated heterocycles. The molecule has 3 saturated carbocycles. The summed E-state index contributed by atoms with van der Waals surface area (Å²) in [4.78, 5) is 38.8. The van der Waals surface area contributed by atoms with Gasteiger partial charge in [-0.25, -0.2) is 9.97 Å². The molecule has 37 heavy (non-hydrogen) atoms. The number of Topliss-reactive ketones (excluding diaryl/α,β-unsaturated/α-hetero) is 1. The van der Waals surface area contributed by atoms with Gasteiger partial charge in [0.2, 0.25) is 0 Å². The van der Waals surface area contributed by atoms with E-state index in [0.29, 0.717) is 42.0 Å². The fourth-order valence-electron chi connectivity index (χ4n) is 7.76. The lowest BCUT2D eigenvalue weighted by molar-refractivity contribution is -0.0204. The van der Waals surface area contributed by atoms with Gasteiger partial charge in [-0.15, -0.1) is 0 Å². The van der Waals surface area contributed by atoms with E-state index < -0.39 is 0 Å². The van der Waals surface area contributed by atoms with Crippen LogP contribution in [0.2, 0.25) is 0 Å². The maximum Gasteiger partial charge on any atom is 0.254 e. The van der Waals surface area contributed by atoms with Crippen LogP contribution in [0.4, 0.5) is 0 Å². The van der Waals surface area contributed by atoms with Gasteiger partial charge in [0, 0.05) is 48.6 Å². The highest BCUT2D eigenvalue weighted by Gasteiger charge is 2.61. The maximum atomic E-state index is 13.7. The van der Waals surface area contributed by atoms with Gasteiger partial charge in [0.25, 0.3) is 5.91 Å². The van der Waals surface area contributed by atoms with Crippen molar-refractivity contribution < 1.29 is 9.59 Å². The van der Waals surface area contributed by atoms with Crippen LogP contribution in [0.3, 0.4) is 0 Å². The first-order valence-electron chi connectivity index (χ1n) is 13.6. The Bertz CT molecular complexity index is 1700.